The third-order valence-electron chi connectivity index (χ3n) is 4.83. The fourth-order valence-corrected chi connectivity index (χ4v) is 3.69. The molecule has 0 amide bonds. The Kier molecular flexibility index (Phi) is 5.31. The third kappa shape index (κ3) is 3.98. The van der Waals surface area contributed by atoms with Gasteiger partial charge in [0, 0.05) is 24.7 Å². The molecule has 0 spiro atoms. The third-order valence-corrected chi connectivity index (χ3v) is 4.83. The van der Waals surface area contributed by atoms with Crippen LogP contribution in [0.4, 0.5) is 0 Å². The fraction of sp³-hybridized carbons (Fsp3) is 0.941. The quantitative estimate of drug-likeness (QED) is 0.733. The molecule has 2 atom stereocenters. The Balaban J connectivity index is 2.08. The lowest BCUT2D eigenvalue weighted by Crippen LogP contribution is -2.53. The van der Waals surface area contributed by atoms with Crippen molar-refractivity contribution < 1.29 is 9.53 Å². The van der Waals surface area contributed by atoms with E-state index in [4.69, 9.17) is 4.74 Å². The van der Waals surface area contributed by atoms with Gasteiger partial charge in [-0.05, 0) is 51.9 Å². The van der Waals surface area contributed by atoms with Crippen molar-refractivity contribution in [3.63, 3.8) is 0 Å². The molecule has 0 radical (unpaired) electrons. The molecule has 0 saturated heterocycles. The Hall–Kier alpha value is -0.610. The van der Waals surface area contributed by atoms with Crippen LogP contribution in [0.5, 0.6) is 0 Å². The summed E-state index contributed by atoms with van der Waals surface area (Å²) in [6.07, 6.45) is 5.27. The lowest BCUT2D eigenvalue weighted by Gasteiger charge is -2.35. The van der Waals surface area contributed by atoms with E-state index in [-0.39, 0.29) is 5.97 Å². The standard InChI is InChI=1S/C17H32N2O2/c1-12(2)11-19(13(3)4)15-8-9-17(10-15,16(20)21-5)18-14-6-7-14/h12-15,18H,6-11H2,1-5H3. The van der Waals surface area contributed by atoms with Gasteiger partial charge in [0.05, 0.1) is 7.11 Å². The summed E-state index contributed by atoms with van der Waals surface area (Å²) in [5.74, 6) is 0.585. The Morgan fingerprint density at radius 2 is 1.95 bits per heavy atom. The predicted octanol–water partition coefficient (Wildman–Crippen LogP) is 2.57. The molecule has 0 bridgehead atoms. The van der Waals surface area contributed by atoms with Gasteiger partial charge < -0.3 is 4.74 Å². The number of ether oxygens (including phenoxy) is 1. The van der Waals surface area contributed by atoms with Crippen molar-refractivity contribution in [2.24, 2.45) is 5.92 Å². The van der Waals surface area contributed by atoms with E-state index in [0.29, 0.717) is 24.0 Å². The highest BCUT2D eigenvalue weighted by atomic mass is 16.5. The van der Waals surface area contributed by atoms with E-state index in [1.54, 1.807) is 0 Å². The number of rotatable bonds is 7. The van der Waals surface area contributed by atoms with Gasteiger partial charge in [-0.2, -0.15) is 0 Å². The molecule has 122 valence electrons. The summed E-state index contributed by atoms with van der Waals surface area (Å²) in [4.78, 5) is 14.9. The van der Waals surface area contributed by atoms with Gasteiger partial charge >= 0.3 is 5.97 Å². The van der Waals surface area contributed by atoms with E-state index in [1.165, 1.54) is 20.0 Å². The van der Waals surface area contributed by atoms with Crippen LogP contribution in [0.3, 0.4) is 0 Å². The second kappa shape index (κ2) is 6.66. The molecule has 4 heteroatoms. The van der Waals surface area contributed by atoms with Gasteiger partial charge in [-0.1, -0.05) is 13.8 Å². The van der Waals surface area contributed by atoms with Gasteiger partial charge in [0.25, 0.3) is 0 Å². The van der Waals surface area contributed by atoms with Crippen LogP contribution in [0.1, 0.15) is 59.8 Å². The Morgan fingerprint density at radius 3 is 2.43 bits per heavy atom. The van der Waals surface area contributed by atoms with Gasteiger partial charge in [0.15, 0.2) is 0 Å². The first-order valence-corrected chi connectivity index (χ1v) is 8.50. The molecule has 4 nitrogen and oxygen atoms in total. The SMILES string of the molecule is COC(=O)C1(NC2CC2)CCC(N(CC(C)C)C(C)C)C1. The Bertz CT molecular complexity index is 366. The van der Waals surface area contributed by atoms with Gasteiger partial charge in [-0.15, -0.1) is 0 Å². The second-order valence-corrected chi connectivity index (χ2v) is 7.57. The van der Waals surface area contributed by atoms with E-state index in [9.17, 15) is 4.79 Å². The number of hydrogen-bond donors (Lipinski definition) is 1. The normalized spacial score (nSPS) is 29.6. The van der Waals surface area contributed by atoms with Crippen LogP contribution in [0, 0.1) is 5.92 Å². The maximum absolute atomic E-state index is 12.4. The van der Waals surface area contributed by atoms with Gasteiger partial charge in [0.2, 0.25) is 0 Å². The van der Waals surface area contributed by atoms with Crippen LogP contribution in [0.15, 0.2) is 0 Å². The largest absolute Gasteiger partial charge is 0.468 e. The van der Waals surface area contributed by atoms with E-state index in [2.05, 4.69) is 37.9 Å². The van der Waals surface area contributed by atoms with E-state index < -0.39 is 5.54 Å². The van der Waals surface area contributed by atoms with Crippen molar-refractivity contribution in [3.8, 4) is 0 Å². The Labute approximate surface area is 129 Å². The molecular weight excluding hydrogens is 264 g/mol. The van der Waals surface area contributed by atoms with E-state index >= 15 is 0 Å². The highest BCUT2D eigenvalue weighted by molar-refractivity contribution is 5.81. The monoisotopic (exact) mass is 296 g/mol. The molecule has 2 saturated carbocycles. The summed E-state index contributed by atoms with van der Waals surface area (Å²) in [6.45, 7) is 10.1. The number of nitrogens with zero attached hydrogens (tertiary/aromatic N) is 1. The molecule has 2 rings (SSSR count). The molecule has 0 aromatic rings. The second-order valence-electron chi connectivity index (χ2n) is 7.57. The lowest BCUT2D eigenvalue weighted by atomic mass is 9.96. The van der Waals surface area contributed by atoms with Crippen molar-refractivity contribution in [2.75, 3.05) is 13.7 Å². The summed E-state index contributed by atoms with van der Waals surface area (Å²) < 4.78 is 5.12. The number of carbonyl (C=O) groups is 1. The molecule has 2 aliphatic carbocycles. The summed E-state index contributed by atoms with van der Waals surface area (Å²) in [6, 6.07) is 1.53. The van der Waals surface area contributed by atoms with Crippen LogP contribution >= 0.6 is 0 Å². The van der Waals surface area contributed by atoms with Crippen LogP contribution < -0.4 is 5.32 Å². The van der Waals surface area contributed by atoms with Crippen molar-refractivity contribution in [1.82, 2.24) is 10.2 Å². The predicted molar refractivity (Wildman–Crippen MR) is 85.2 cm³/mol. The summed E-state index contributed by atoms with van der Waals surface area (Å²) in [7, 11) is 1.51. The molecular formula is C17H32N2O2. The minimum atomic E-state index is -0.440. The van der Waals surface area contributed by atoms with Gasteiger partial charge in [-0.25, -0.2) is 0 Å². The van der Waals surface area contributed by atoms with Gasteiger partial charge in [0.1, 0.15) is 5.54 Å². The van der Waals surface area contributed by atoms with Gasteiger partial charge in [-0.3, -0.25) is 15.0 Å². The smallest absolute Gasteiger partial charge is 0.326 e. The van der Waals surface area contributed by atoms with Crippen LogP contribution in [-0.2, 0) is 9.53 Å². The average molecular weight is 296 g/mol. The molecule has 0 aliphatic heterocycles. The molecule has 0 aromatic carbocycles. The minimum Gasteiger partial charge on any atom is -0.468 e. The van der Waals surface area contributed by atoms with Crippen molar-refractivity contribution in [1.29, 1.82) is 0 Å². The van der Waals surface area contributed by atoms with Crippen LogP contribution in [0.2, 0.25) is 0 Å². The molecule has 0 aromatic heterocycles. The first-order chi connectivity index (χ1) is 9.88. The summed E-state index contributed by atoms with van der Waals surface area (Å²) in [5, 5.41) is 3.59. The number of methoxy groups -OCH3 is 1. The molecule has 2 unspecified atom stereocenters. The lowest BCUT2D eigenvalue weighted by molar-refractivity contribution is -0.148. The Morgan fingerprint density at radius 1 is 1.29 bits per heavy atom. The van der Waals surface area contributed by atoms with E-state index in [0.717, 1.165) is 25.8 Å². The van der Waals surface area contributed by atoms with Crippen LogP contribution in [0.25, 0.3) is 0 Å². The zero-order chi connectivity index (χ0) is 15.6. The van der Waals surface area contributed by atoms with Crippen molar-refractivity contribution >= 4 is 5.97 Å². The molecule has 21 heavy (non-hydrogen) atoms. The van der Waals surface area contributed by atoms with Crippen molar-refractivity contribution in [3.05, 3.63) is 0 Å². The molecule has 2 fully saturated rings. The fourth-order valence-electron chi connectivity index (χ4n) is 3.69. The molecule has 0 heterocycles. The van der Waals surface area contributed by atoms with Crippen LogP contribution in [-0.4, -0.2) is 48.2 Å². The maximum Gasteiger partial charge on any atom is 0.326 e. The molecule has 2 aliphatic rings. The number of nitrogens with one attached hydrogen (secondary N) is 1. The number of esters is 1. The average Bonchev–Trinajstić information content (AvgIpc) is 3.12. The first kappa shape index (κ1) is 16.8. The maximum atomic E-state index is 12.4. The topological polar surface area (TPSA) is 41.6 Å². The number of carbonyl (C=O) groups excluding carboxylic acids is 1. The zero-order valence-corrected chi connectivity index (χ0v) is 14.3. The highest BCUT2D eigenvalue weighted by Crippen LogP contribution is 2.38. The van der Waals surface area contributed by atoms with Crippen molar-refractivity contribution in [2.45, 2.75) is 83.5 Å². The number of hydrogen-bond acceptors (Lipinski definition) is 4. The van der Waals surface area contributed by atoms with E-state index in [1.807, 2.05) is 0 Å². The summed E-state index contributed by atoms with van der Waals surface area (Å²) >= 11 is 0. The highest BCUT2D eigenvalue weighted by Gasteiger charge is 2.50. The zero-order valence-electron chi connectivity index (χ0n) is 14.3. The summed E-state index contributed by atoms with van der Waals surface area (Å²) in [5.41, 5.74) is -0.440. The minimum absolute atomic E-state index is 0.0647. The first-order valence-electron chi connectivity index (χ1n) is 8.50. The molecule has 1 N–H and O–H groups in total.